The highest BCUT2D eigenvalue weighted by Gasteiger charge is 2.25. The summed E-state index contributed by atoms with van der Waals surface area (Å²) >= 11 is 0. The number of nitrogens with zero attached hydrogens (tertiary/aromatic N) is 2. The fraction of sp³-hybridized carbons (Fsp3) is 0.750. The van der Waals surface area contributed by atoms with Gasteiger partial charge in [0.15, 0.2) is 6.09 Å². The van der Waals surface area contributed by atoms with Crippen molar-refractivity contribution in [1.82, 2.24) is 0 Å². The van der Waals surface area contributed by atoms with Gasteiger partial charge in [-0.05, 0) is 6.92 Å². The Morgan fingerprint density at radius 3 is 2.43 bits per heavy atom. The smallest absolute Gasteiger partial charge is 0.304 e. The van der Waals surface area contributed by atoms with E-state index >= 15 is 0 Å². The highest BCUT2D eigenvalue weighted by molar-refractivity contribution is 5.66. The zero-order chi connectivity index (χ0) is 11.2. The molecule has 0 saturated carbocycles. The van der Waals surface area contributed by atoms with E-state index in [1.165, 1.54) is 13.8 Å². The molecule has 0 N–H and O–H groups in total. The van der Waals surface area contributed by atoms with Gasteiger partial charge in [-0.3, -0.25) is 4.79 Å². The molecule has 0 aromatic heterocycles. The number of esters is 1. The van der Waals surface area contributed by atoms with Crippen LogP contribution in [0.1, 0.15) is 33.6 Å². The van der Waals surface area contributed by atoms with Gasteiger partial charge in [-0.1, -0.05) is 13.3 Å². The second-order valence-corrected chi connectivity index (χ2v) is 2.98. The van der Waals surface area contributed by atoms with E-state index in [4.69, 9.17) is 4.74 Å². The zero-order valence-corrected chi connectivity index (χ0v) is 8.44. The monoisotopic (exact) mass is 201 g/mol. The number of carbonyl (C=O) groups is 2. The Hall–Kier alpha value is -1.46. The van der Waals surface area contributed by atoms with Gasteiger partial charge in [-0.15, -0.1) is 10.2 Å². The molecule has 0 radical (unpaired) electrons. The third-order valence-corrected chi connectivity index (χ3v) is 1.42. The molecule has 0 aliphatic heterocycles. The first-order chi connectivity index (χ1) is 6.39. The number of ether oxygens (including phenoxy) is 1. The van der Waals surface area contributed by atoms with Crippen molar-refractivity contribution in [2.75, 3.05) is 0 Å². The van der Waals surface area contributed by atoms with Gasteiger partial charge in [0.25, 0.3) is 0 Å². The molecule has 14 heavy (non-hydrogen) atoms. The van der Waals surface area contributed by atoms with Crippen LogP contribution in [0.3, 0.4) is 0 Å². The van der Waals surface area contributed by atoms with Gasteiger partial charge in [0.2, 0.25) is 5.72 Å². The number of hydrogen-bond donors (Lipinski definition) is 0. The molecule has 1 atom stereocenters. The molecule has 0 aromatic rings. The van der Waals surface area contributed by atoms with Gasteiger partial charge < -0.3 is 14.6 Å². The summed E-state index contributed by atoms with van der Waals surface area (Å²) in [6.45, 7) is 4.57. The Bertz CT molecular complexity index is 252. The molecular formula is C8H13N2O4-. The van der Waals surface area contributed by atoms with Crippen LogP contribution in [0.4, 0.5) is 4.79 Å². The van der Waals surface area contributed by atoms with Gasteiger partial charge in [0.1, 0.15) is 0 Å². The summed E-state index contributed by atoms with van der Waals surface area (Å²) in [6.07, 6.45) is -0.557. The first-order valence-electron chi connectivity index (χ1n) is 4.23. The van der Waals surface area contributed by atoms with E-state index in [-0.39, 0.29) is 0 Å². The van der Waals surface area contributed by atoms with Crippen LogP contribution in [0.5, 0.6) is 0 Å². The molecule has 1 amide bonds. The molecule has 1 unspecified atom stereocenters. The van der Waals surface area contributed by atoms with Crippen LogP contribution in [0.25, 0.3) is 0 Å². The van der Waals surface area contributed by atoms with Crippen molar-refractivity contribution < 1.29 is 19.4 Å². The molecular weight excluding hydrogens is 188 g/mol. The number of rotatable bonds is 4. The van der Waals surface area contributed by atoms with E-state index in [0.717, 1.165) is 0 Å². The fourth-order valence-electron chi connectivity index (χ4n) is 1.04. The number of azo groups is 1. The second-order valence-electron chi connectivity index (χ2n) is 2.98. The Labute approximate surface area is 82.0 Å². The van der Waals surface area contributed by atoms with Crippen molar-refractivity contribution >= 4 is 12.1 Å². The second kappa shape index (κ2) is 5.31. The van der Waals surface area contributed by atoms with Crippen LogP contribution >= 0.6 is 0 Å². The van der Waals surface area contributed by atoms with Crippen LogP contribution in [0, 0.1) is 0 Å². The average Bonchev–Trinajstić information content (AvgIpc) is 2.00. The predicted octanol–water partition coefficient (Wildman–Crippen LogP) is 0.861. The minimum Gasteiger partial charge on any atom is -0.527 e. The van der Waals surface area contributed by atoms with E-state index < -0.39 is 17.8 Å². The summed E-state index contributed by atoms with van der Waals surface area (Å²) in [4.78, 5) is 20.7. The van der Waals surface area contributed by atoms with Crippen molar-refractivity contribution in [2.24, 2.45) is 10.2 Å². The molecule has 0 aliphatic carbocycles. The van der Waals surface area contributed by atoms with Gasteiger partial charge >= 0.3 is 5.97 Å². The summed E-state index contributed by atoms with van der Waals surface area (Å²) in [7, 11) is 0. The third kappa shape index (κ3) is 5.23. The molecule has 0 bridgehead atoms. The minimum atomic E-state index is -1.65. The van der Waals surface area contributed by atoms with Crippen molar-refractivity contribution in [3.05, 3.63) is 0 Å². The maximum atomic E-state index is 10.7. The largest absolute Gasteiger partial charge is 0.527 e. The van der Waals surface area contributed by atoms with Crippen LogP contribution in [-0.4, -0.2) is 17.8 Å². The van der Waals surface area contributed by atoms with Gasteiger partial charge in [0, 0.05) is 13.3 Å². The summed E-state index contributed by atoms with van der Waals surface area (Å²) < 4.78 is 4.84. The summed E-state index contributed by atoms with van der Waals surface area (Å²) in [5.74, 6) is -0.529. The summed E-state index contributed by atoms with van der Waals surface area (Å²) in [6, 6.07) is 0. The zero-order valence-electron chi connectivity index (χ0n) is 8.44. The van der Waals surface area contributed by atoms with E-state index in [2.05, 4.69) is 10.2 Å². The lowest BCUT2D eigenvalue weighted by Gasteiger charge is -2.22. The molecule has 80 valence electrons. The highest BCUT2D eigenvalue weighted by Crippen LogP contribution is 2.19. The van der Waals surface area contributed by atoms with E-state index in [1.54, 1.807) is 0 Å². The van der Waals surface area contributed by atoms with Gasteiger partial charge in [-0.25, -0.2) is 0 Å². The summed E-state index contributed by atoms with van der Waals surface area (Å²) in [5.41, 5.74) is -1.21. The average molecular weight is 201 g/mol. The maximum absolute atomic E-state index is 10.7. The maximum Gasteiger partial charge on any atom is 0.304 e. The van der Waals surface area contributed by atoms with E-state index in [0.29, 0.717) is 12.8 Å². The molecule has 6 heteroatoms. The lowest BCUT2D eigenvalue weighted by Crippen LogP contribution is -2.29. The topological polar surface area (TPSA) is 91.2 Å². The standard InChI is InChI=1S/C8H14N2O4/c1-4-5-8(3,14-6(2)11)10-9-7(12)13/h4-5H2,1-3H3,(H,12,13)/p-1. The fourth-order valence-corrected chi connectivity index (χ4v) is 1.04. The lowest BCUT2D eigenvalue weighted by molar-refractivity contribution is -0.246. The van der Waals surface area contributed by atoms with Crippen LogP contribution in [0.15, 0.2) is 10.2 Å². The lowest BCUT2D eigenvalue weighted by atomic mass is 10.1. The quantitative estimate of drug-likeness (QED) is 0.498. The van der Waals surface area contributed by atoms with Crippen molar-refractivity contribution in [3.8, 4) is 0 Å². The van der Waals surface area contributed by atoms with Crippen LogP contribution in [0.2, 0.25) is 0 Å². The molecule has 0 aliphatic rings. The van der Waals surface area contributed by atoms with E-state index in [1.807, 2.05) is 6.92 Å². The molecule has 0 saturated heterocycles. The number of carboxylic acid groups (broad SMARTS) is 1. The van der Waals surface area contributed by atoms with Gasteiger partial charge in [0.05, 0.1) is 0 Å². The normalized spacial score (nSPS) is 15.1. The van der Waals surface area contributed by atoms with E-state index in [9.17, 15) is 14.7 Å². The molecule has 0 aromatic carbocycles. The number of hydrogen-bond acceptors (Lipinski definition) is 5. The Kier molecular flexibility index (Phi) is 4.76. The number of amides is 1. The molecule has 0 spiro atoms. The SMILES string of the molecule is CCCC(C)(N=NC(=O)[O-])OC(C)=O. The molecule has 0 fully saturated rings. The van der Waals surface area contributed by atoms with Gasteiger partial charge in [-0.2, -0.15) is 0 Å². The Morgan fingerprint density at radius 2 is 2.07 bits per heavy atom. The number of carbonyl (C=O) groups excluding carboxylic acids is 2. The summed E-state index contributed by atoms with van der Waals surface area (Å²) in [5, 5.41) is 16.3. The van der Waals surface area contributed by atoms with Crippen LogP contribution in [-0.2, 0) is 9.53 Å². The molecule has 0 heterocycles. The van der Waals surface area contributed by atoms with Crippen molar-refractivity contribution in [3.63, 3.8) is 0 Å². The molecule has 6 nitrogen and oxygen atoms in total. The van der Waals surface area contributed by atoms with Crippen molar-refractivity contribution in [2.45, 2.75) is 39.3 Å². The highest BCUT2D eigenvalue weighted by atomic mass is 16.6. The first-order valence-corrected chi connectivity index (χ1v) is 4.23. The third-order valence-electron chi connectivity index (χ3n) is 1.42. The van der Waals surface area contributed by atoms with Crippen LogP contribution < -0.4 is 5.11 Å². The predicted molar refractivity (Wildman–Crippen MR) is 45.3 cm³/mol. The molecule has 0 rings (SSSR count). The Balaban J connectivity index is 4.53. The first kappa shape index (κ1) is 12.5. The minimum absolute atomic E-state index is 0.406. The Morgan fingerprint density at radius 1 is 1.50 bits per heavy atom. The van der Waals surface area contributed by atoms with Crippen molar-refractivity contribution in [1.29, 1.82) is 0 Å².